The molecule has 0 saturated carbocycles. The summed E-state index contributed by atoms with van der Waals surface area (Å²) in [4.78, 5) is 4.43. The van der Waals surface area contributed by atoms with Gasteiger partial charge < -0.3 is 5.41 Å². The third-order valence-electron chi connectivity index (χ3n) is 1.71. The monoisotopic (exact) mass is 168 g/mol. The molecule has 0 heterocycles. The summed E-state index contributed by atoms with van der Waals surface area (Å²) in [6, 6.07) is 0. The molecular weight excluding hydrogens is 148 g/mol. The van der Waals surface area contributed by atoms with E-state index in [1.165, 1.54) is 6.21 Å². The number of aliphatic imine (C=N–C) groups is 1. The molecule has 0 aliphatic carbocycles. The van der Waals surface area contributed by atoms with E-state index in [1.807, 2.05) is 13.8 Å². The Bertz CT molecular complexity index is 175. The predicted octanol–water partition coefficient (Wildman–Crippen LogP) is 2.78. The molecule has 0 aromatic carbocycles. The van der Waals surface area contributed by atoms with Crippen LogP contribution in [-0.2, 0) is 0 Å². The Hall–Kier alpha value is -0.660. The van der Waals surface area contributed by atoms with Crippen LogP contribution in [0.1, 0.15) is 34.6 Å². The molecule has 0 spiro atoms. The molecule has 0 radical (unpaired) electrons. The van der Waals surface area contributed by atoms with Crippen molar-refractivity contribution in [3.05, 3.63) is 0 Å². The van der Waals surface area contributed by atoms with Crippen LogP contribution >= 0.6 is 0 Å². The lowest BCUT2D eigenvalue weighted by atomic mass is 9.97. The predicted molar refractivity (Wildman–Crippen MR) is 55.4 cm³/mol. The Labute approximate surface area is 75.6 Å². The van der Waals surface area contributed by atoms with Crippen LogP contribution in [0.4, 0.5) is 0 Å². The largest absolute Gasteiger partial charge is 0.312 e. The highest BCUT2D eigenvalue weighted by atomic mass is 14.8. The van der Waals surface area contributed by atoms with Crippen LogP contribution in [0, 0.1) is 16.7 Å². The maximum Gasteiger partial charge on any atom is 0.0437 e. The minimum absolute atomic E-state index is 0.187. The van der Waals surface area contributed by atoms with Crippen molar-refractivity contribution in [2.75, 3.05) is 6.54 Å². The standard InChI is InChI=1S/C10H20N2/c1-8(6-11)9(2)12-7-10(3,4)5/h6,8,11H,7H2,1-5H3. The first-order valence-electron chi connectivity index (χ1n) is 4.38. The van der Waals surface area contributed by atoms with Gasteiger partial charge in [-0.15, -0.1) is 0 Å². The summed E-state index contributed by atoms with van der Waals surface area (Å²) in [5, 5.41) is 7.07. The summed E-state index contributed by atoms with van der Waals surface area (Å²) in [5.41, 5.74) is 1.31. The number of rotatable bonds is 3. The molecule has 12 heavy (non-hydrogen) atoms. The van der Waals surface area contributed by atoms with Crippen molar-refractivity contribution in [1.82, 2.24) is 0 Å². The molecule has 2 nitrogen and oxygen atoms in total. The molecule has 0 fully saturated rings. The highest BCUT2D eigenvalue weighted by Gasteiger charge is 2.09. The molecule has 0 saturated heterocycles. The van der Waals surface area contributed by atoms with Crippen LogP contribution in [0.5, 0.6) is 0 Å². The fraction of sp³-hybridized carbons (Fsp3) is 0.800. The second-order valence-electron chi connectivity index (χ2n) is 4.47. The topological polar surface area (TPSA) is 36.2 Å². The number of hydrogen-bond donors (Lipinski definition) is 1. The van der Waals surface area contributed by atoms with E-state index >= 15 is 0 Å². The summed E-state index contributed by atoms with van der Waals surface area (Å²) in [6.07, 6.45) is 1.43. The van der Waals surface area contributed by atoms with Gasteiger partial charge in [0.1, 0.15) is 0 Å². The lowest BCUT2D eigenvalue weighted by Gasteiger charge is -2.15. The molecule has 2 heteroatoms. The van der Waals surface area contributed by atoms with Crippen molar-refractivity contribution in [3.63, 3.8) is 0 Å². The van der Waals surface area contributed by atoms with Crippen LogP contribution in [-0.4, -0.2) is 18.5 Å². The van der Waals surface area contributed by atoms with Crippen molar-refractivity contribution in [2.45, 2.75) is 34.6 Å². The number of hydrogen-bond acceptors (Lipinski definition) is 2. The molecule has 1 atom stereocenters. The van der Waals surface area contributed by atoms with Gasteiger partial charge in [-0.2, -0.15) is 0 Å². The third-order valence-corrected chi connectivity index (χ3v) is 1.71. The van der Waals surface area contributed by atoms with E-state index in [2.05, 4.69) is 25.8 Å². The average molecular weight is 168 g/mol. The first-order chi connectivity index (χ1) is 5.37. The van der Waals surface area contributed by atoms with E-state index in [0.717, 1.165) is 12.3 Å². The quantitative estimate of drug-likeness (QED) is 0.629. The Kier molecular flexibility index (Phi) is 4.15. The van der Waals surface area contributed by atoms with Crippen molar-refractivity contribution in [1.29, 1.82) is 5.41 Å². The Morgan fingerprint density at radius 3 is 2.33 bits per heavy atom. The third kappa shape index (κ3) is 5.05. The minimum Gasteiger partial charge on any atom is -0.312 e. The molecule has 1 N–H and O–H groups in total. The van der Waals surface area contributed by atoms with Gasteiger partial charge in [0, 0.05) is 24.4 Å². The lowest BCUT2D eigenvalue weighted by molar-refractivity contribution is 0.429. The van der Waals surface area contributed by atoms with E-state index in [9.17, 15) is 0 Å². The Morgan fingerprint density at radius 1 is 1.50 bits per heavy atom. The maximum absolute atomic E-state index is 7.07. The first kappa shape index (κ1) is 11.3. The van der Waals surface area contributed by atoms with Crippen molar-refractivity contribution >= 4 is 11.9 Å². The van der Waals surface area contributed by atoms with Gasteiger partial charge in [-0.1, -0.05) is 27.7 Å². The molecule has 70 valence electrons. The summed E-state index contributed by atoms with van der Waals surface area (Å²) < 4.78 is 0. The summed E-state index contributed by atoms with van der Waals surface area (Å²) in [7, 11) is 0. The van der Waals surface area contributed by atoms with Gasteiger partial charge in [-0.05, 0) is 12.3 Å². The lowest BCUT2D eigenvalue weighted by Crippen LogP contribution is -2.14. The van der Waals surface area contributed by atoms with E-state index in [0.29, 0.717) is 0 Å². The fourth-order valence-electron chi connectivity index (χ4n) is 0.626. The highest BCUT2D eigenvalue weighted by molar-refractivity contribution is 5.95. The van der Waals surface area contributed by atoms with Crippen molar-refractivity contribution in [3.8, 4) is 0 Å². The highest BCUT2D eigenvalue weighted by Crippen LogP contribution is 2.13. The molecule has 0 aliphatic heterocycles. The number of nitrogens with one attached hydrogen (secondary N) is 1. The molecule has 0 bridgehead atoms. The summed E-state index contributed by atoms with van der Waals surface area (Å²) in [5.74, 6) is 0.187. The maximum atomic E-state index is 7.07. The molecular formula is C10H20N2. The van der Waals surface area contributed by atoms with Gasteiger partial charge in [0.05, 0.1) is 0 Å². The van der Waals surface area contributed by atoms with Crippen molar-refractivity contribution < 1.29 is 0 Å². The van der Waals surface area contributed by atoms with Crippen LogP contribution in [0.15, 0.2) is 4.99 Å². The molecule has 0 amide bonds. The molecule has 0 aromatic heterocycles. The average Bonchev–Trinajstić information content (AvgIpc) is 1.97. The fourth-order valence-corrected chi connectivity index (χ4v) is 0.626. The van der Waals surface area contributed by atoms with Crippen LogP contribution in [0.2, 0.25) is 0 Å². The van der Waals surface area contributed by atoms with Gasteiger partial charge in [0.2, 0.25) is 0 Å². The van der Waals surface area contributed by atoms with Gasteiger partial charge in [-0.3, -0.25) is 4.99 Å². The van der Waals surface area contributed by atoms with E-state index in [1.54, 1.807) is 0 Å². The molecule has 0 aromatic rings. The molecule has 1 unspecified atom stereocenters. The zero-order valence-electron chi connectivity index (χ0n) is 8.81. The van der Waals surface area contributed by atoms with E-state index in [4.69, 9.17) is 5.41 Å². The smallest absolute Gasteiger partial charge is 0.0437 e. The Balaban J connectivity index is 4.09. The second-order valence-corrected chi connectivity index (χ2v) is 4.47. The summed E-state index contributed by atoms with van der Waals surface area (Å²) in [6.45, 7) is 11.3. The zero-order chi connectivity index (χ0) is 9.78. The zero-order valence-corrected chi connectivity index (χ0v) is 8.81. The van der Waals surface area contributed by atoms with Gasteiger partial charge >= 0.3 is 0 Å². The van der Waals surface area contributed by atoms with E-state index in [-0.39, 0.29) is 11.3 Å². The number of nitrogens with zero attached hydrogens (tertiary/aromatic N) is 1. The van der Waals surface area contributed by atoms with E-state index < -0.39 is 0 Å². The molecule has 0 aliphatic rings. The van der Waals surface area contributed by atoms with Crippen LogP contribution in [0.3, 0.4) is 0 Å². The first-order valence-corrected chi connectivity index (χ1v) is 4.38. The normalized spacial score (nSPS) is 15.9. The van der Waals surface area contributed by atoms with Crippen LogP contribution in [0.25, 0.3) is 0 Å². The second kappa shape index (κ2) is 4.39. The van der Waals surface area contributed by atoms with Gasteiger partial charge in [-0.25, -0.2) is 0 Å². The summed E-state index contributed by atoms with van der Waals surface area (Å²) >= 11 is 0. The van der Waals surface area contributed by atoms with Crippen molar-refractivity contribution in [2.24, 2.45) is 16.3 Å². The Morgan fingerprint density at radius 2 is 2.00 bits per heavy atom. The van der Waals surface area contributed by atoms with Gasteiger partial charge in [0.15, 0.2) is 0 Å². The molecule has 0 rings (SSSR count). The van der Waals surface area contributed by atoms with Crippen LogP contribution < -0.4 is 0 Å². The minimum atomic E-state index is 0.187. The van der Waals surface area contributed by atoms with Gasteiger partial charge in [0.25, 0.3) is 0 Å². The SMILES string of the molecule is CC(=NCC(C)(C)C)C(C)C=N.